The minimum absolute atomic E-state index is 0.00804. The maximum Gasteiger partial charge on any atom is 0.269 e. The average molecular weight is 487 g/mol. The third-order valence-corrected chi connectivity index (χ3v) is 5.53. The highest BCUT2D eigenvalue weighted by molar-refractivity contribution is 5.81. The molecule has 184 valence electrons. The maximum absolute atomic E-state index is 12.9. The Hall–Kier alpha value is -4.66. The van der Waals surface area contributed by atoms with Gasteiger partial charge in [0, 0.05) is 36.0 Å². The molecule has 0 aliphatic heterocycles. The summed E-state index contributed by atoms with van der Waals surface area (Å²) in [5.41, 5.74) is 3.69. The Kier molecular flexibility index (Phi) is 7.60. The predicted octanol–water partition coefficient (Wildman–Crippen LogP) is 4.71. The molecule has 9 heteroatoms. The summed E-state index contributed by atoms with van der Waals surface area (Å²) in [4.78, 5) is 23.5. The van der Waals surface area contributed by atoms with Gasteiger partial charge in [0.1, 0.15) is 0 Å². The first kappa shape index (κ1) is 24.5. The molecule has 1 aromatic heterocycles. The molecule has 3 aromatic carbocycles. The monoisotopic (exact) mass is 486 g/mol. The van der Waals surface area contributed by atoms with E-state index in [9.17, 15) is 14.9 Å². The minimum atomic E-state index is -0.448. The smallest absolute Gasteiger partial charge is 0.269 e. The fourth-order valence-corrected chi connectivity index (χ4v) is 3.77. The molecule has 1 N–H and O–H groups in total. The topological polar surface area (TPSA) is 109 Å². The number of nitro benzene ring substituents is 1. The first-order chi connectivity index (χ1) is 17.5. The second-order valence-electron chi connectivity index (χ2n) is 7.96. The molecule has 0 bridgehead atoms. The fraction of sp³-hybridized carbons (Fsp3) is 0.185. The van der Waals surface area contributed by atoms with Gasteiger partial charge < -0.3 is 14.8 Å². The van der Waals surface area contributed by atoms with E-state index in [4.69, 9.17) is 9.47 Å². The molecule has 0 aliphatic carbocycles. The summed E-state index contributed by atoms with van der Waals surface area (Å²) in [7, 11) is 1.57. The van der Waals surface area contributed by atoms with Crippen molar-refractivity contribution in [3.63, 3.8) is 0 Å². The van der Waals surface area contributed by atoms with Crippen LogP contribution in [0, 0.1) is 10.1 Å². The molecule has 0 saturated carbocycles. The number of ether oxygens (including phenoxy) is 2. The van der Waals surface area contributed by atoms with Gasteiger partial charge in [0.15, 0.2) is 11.5 Å². The van der Waals surface area contributed by atoms with Crippen molar-refractivity contribution in [3.05, 3.63) is 100 Å². The molecule has 0 spiro atoms. The summed E-state index contributed by atoms with van der Waals surface area (Å²) in [6, 6.07) is 21.2. The number of non-ortho nitro benzene ring substituents is 1. The van der Waals surface area contributed by atoms with Crippen LogP contribution in [0.1, 0.15) is 18.1 Å². The average Bonchev–Trinajstić information content (AvgIpc) is 3.32. The highest BCUT2D eigenvalue weighted by atomic mass is 16.6. The summed E-state index contributed by atoms with van der Waals surface area (Å²) in [6.45, 7) is 2.75. The SMILES string of the molecule is CCOc1ccc(CNC(=O)Cc2cn(-c3ccccc3)nc2-c2ccc([N+](=O)[O-])cc2)cc1OC. The van der Waals surface area contributed by atoms with Crippen LogP contribution in [0.15, 0.2) is 79.0 Å². The number of benzene rings is 3. The second kappa shape index (κ2) is 11.2. The number of carbonyl (C=O) groups is 1. The first-order valence-corrected chi connectivity index (χ1v) is 11.4. The highest BCUT2D eigenvalue weighted by Gasteiger charge is 2.17. The molecule has 0 saturated heterocycles. The molecular weight excluding hydrogens is 460 g/mol. The summed E-state index contributed by atoms with van der Waals surface area (Å²) in [5.74, 6) is 1.07. The van der Waals surface area contributed by atoms with Crippen LogP contribution < -0.4 is 14.8 Å². The van der Waals surface area contributed by atoms with E-state index in [2.05, 4.69) is 10.4 Å². The van der Waals surface area contributed by atoms with E-state index in [-0.39, 0.29) is 18.0 Å². The molecule has 0 atom stereocenters. The summed E-state index contributed by atoms with van der Waals surface area (Å²) in [6.07, 6.45) is 1.90. The van der Waals surface area contributed by atoms with Crippen LogP contribution in [0.2, 0.25) is 0 Å². The van der Waals surface area contributed by atoms with Gasteiger partial charge in [-0.15, -0.1) is 0 Å². The van der Waals surface area contributed by atoms with Gasteiger partial charge in [0.25, 0.3) is 5.69 Å². The molecule has 9 nitrogen and oxygen atoms in total. The fourth-order valence-electron chi connectivity index (χ4n) is 3.77. The molecule has 4 aromatic rings. The Labute approximate surface area is 208 Å². The van der Waals surface area contributed by atoms with Crippen LogP contribution in [-0.4, -0.2) is 34.3 Å². The van der Waals surface area contributed by atoms with Crippen molar-refractivity contribution in [2.24, 2.45) is 0 Å². The van der Waals surface area contributed by atoms with Gasteiger partial charge in [-0.25, -0.2) is 4.68 Å². The molecule has 0 aliphatic rings. The van der Waals surface area contributed by atoms with Gasteiger partial charge in [-0.05, 0) is 48.9 Å². The number of nitrogens with zero attached hydrogens (tertiary/aromatic N) is 3. The number of rotatable bonds is 10. The Balaban J connectivity index is 1.54. The first-order valence-electron chi connectivity index (χ1n) is 11.4. The van der Waals surface area contributed by atoms with Crippen LogP contribution in [0.4, 0.5) is 5.69 Å². The molecule has 0 unspecified atom stereocenters. The second-order valence-corrected chi connectivity index (χ2v) is 7.96. The Morgan fingerprint density at radius 3 is 2.47 bits per heavy atom. The van der Waals surface area contributed by atoms with Crippen LogP contribution in [0.3, 0.4) is 0 Å². The normalized spacial score (nSPS) is 10.6. The van der Waals surface area contributed by atoms with Gasteiger partial charge in [-0.3, -0.25) is 14.9 Å². The van der Waals surface area contributed by atoms with Gasteiger partial charge in [0.05, 0.1) is 36.4 Å². The number of carbonyl (C=O) groups excluding carboxylic acids is 1. The third-order valence-electron chi connectivity index (χ3n) is 5.53. The number of hydrogen-bond donors (Lipinski definition) is 1. The lowest BCUT2D eigenvalue weighted by Gasteiger charge is -2.11. The zero-order valence-corrected chi connectivity index (χ0v) is 20.0. The van der Waals surface area contributed by atoms with Gasteiger partial charge in [-0.1, -0.05) is 24.3 Å². The maximum atomic E-state index is 12.9. The quantitative estimate of drug-likeness (QED) is 0.257. The molecule has 4 rings (SSSR count). The standard InChI is InChI=1S/C27H26N4O5/c1-3-36-24-14-9-19(15-25(24)35-2)17-28-26(32)16-21-18-30(22-7-5-4-6-8-22)29-27(21)20-10-12-23(13-11-20)31(33)34/h4-15,18H,3,16-17H2,1-2H3,(H,28,32). The molecule has 1 amide bonds. The van der Waals surface area contributed by atoms with Crippen molar-refractivity contribution in [2.75, 3.05) is 13.7 Å². The Morgan fingerprint density at radius 1 is 1.06 bits per heavy atom. The van der Waals surface area contributed by atoms with Crippen LogP contribution in [-0.2, 0) is 17.8 Å². The lowest BCUT2D eigenvalue weighted by atomic mass is 10.1. The molecular formula is C27H26N4O5. The Bertz CT molecular complexity index is 1350. The predicted molar refractivity (Wildman–Crippen MR) is 135 cm³/mol. The molecule has 36 heavy (non-hydrogen) atoms. The minimum Gasteiger partial charge on any atom is -0.493 e. The number of nitrogens with one attached hydrogen (secondary N) is 1. The third kappa shape index (κ3) is 5.69. The van der Waals surface area contributed by atoms with Gasteiger partial charge >= 0.3 is 0 Å². The van der Waals surface area contributed by atoms with Gasteiger partial charge in [0.2, 0.25) is 5.91 Å². The number of aromatic nitrogens is 2. The summed E-state index contributed by atoms with van der Waals surface area (Å²) < 4.78 is 12.6. The Morgan fingerprint density at radius 2 is 1.81 bits per heavy atom. The van der Waals surface area contributed by atoms with Crippen molar-refractivity contribution in [1.82, 2.24) is 15.1 Å². The van der Waals surface area contributed by atoms with Crippen molar-refractivity contribution in [1.29, 1.82) is 0 Å². The van der Waals surface area contributed by atoms with Crippen LogP contribution in [0.5, 0.6) is 11.5 Å². The van der Waals surface area contributed by atoms with E-state index in [0.29, 0.717) is 41.5 Å². The van der Waals surface area contributed by atoms with Crippen molar-refractivity contribution in [2.45, 2.75) is 19.9 Å². The van der Waals surface area contributed by atoms with Crippen molar-refractivity contribution < 1.29 is 19.2 Å². The number of methoxy groups -OCH3 is 1. The van der Waals surface area contributed by atoms with E-state index in [0.717, 1.165) is 11.3 Å². The lowest BCUT2D eigenvalue weighted by molar-refractivity contribution is -0.384. The zero-order chi connectivity index (χ0) is 25.5. The summed E-state index contributed by atoms with van der Waals surface area (Å²) >= 11 is 0. The van der Waals surface area contributed by atoms with Crippen LogP contribution in [0.25, 0.3) is 16.9 Å². The lowest BCUT2D eigenvalue weighted by Crippen LogP contribution is -2.24. The summed E-state index contributed by atoms with van der Waals surface area (Å²) in [5, 5.41) is 18.7. The van der Waals surface area contributed by atoms with E-state index >= 15 is 0 Å². The van der Waals surface area contributed by atoms with E-state index < -0.39 is 4.92 Å². The van der Waals surface area contributed by atoms with E-state index in [1.165, 1.54) is 12.1 Å². The van der Waals surface area contributed by atoms with E-state index in [1.807, 2.05) is 61.7 Å². The zero-order valence-electron chi connectivity index (χ0n) is 20.0. The van der Waals surface area contributed by atoms with Gasteiger partial charge in [-0.2, -0.15) is 5.10 Å². The van der Waals surface area contributed by atoms with Crippen molar-refractivity contribution in [3.8, 4) is 28.4 Å². The van der Waals surface area contributed by atoms with Crippen LogP contribution >= 0.6 is 0 Å². The molecule has 0 radical (unpaired) electrons. The number of amides is 1. The number of hydrogen-bond acceptors (Lipinski definition) is 6. The molecule has 0 fully saturated rings. The van der Waals surface area contributed by atoms with Crippen molar-refractivity contribution >= 4 is 11.6 Å². The molecule has 1 heterocycles. The van der Waals surface area contributed by atoms with E-state index in [1.54, 1.807) is 23.9 Å². The number of para-hydroxylation sites is 1. The highest BCUT2D eigenvalue weighted by Crippen LogP contribution is 2.28. The largest absolute Gasteiger partial charge is 0.493 e. The number of nitro groups is 1.